The number of tetrazole rings is 1. The number of hydrogen-bond acceptors (Lipinski definition) is 6. The average molecular weight is 338 g/mol. The van der Waals surface area contributed by atoms with E-state index in [2.05, 4.69) is 20.8 Å². The number of nitrogens with one attached hydrogen (secondary N) is 1. The van der Waals surface area contributed by atoms with Crippen LogP contribution in [0.4, 0.5) is 5.69 Å². The largest absolute Gasteiger partial charge is 0.307 e. The normalized spacial score (nSPS) is 12.1. The van der Waals surface area contributed by atoms with E-state index >= 15 is 0 Å². The highest BCUT2D eigenvalue weighted by molar-refractivity contribution is 5.47. The number of nitro groups is 1. The van der Waals surface area contributed by atoms with Crippen LogP contribution in [0.5, 0.6) is 0 Å². The van der Waals surface area contributed by atoms with Crippen molar-refractivity contribution in [3.05, 3.63) is 75.1 Å². The van der Waals surface area contributed by atoms with Crippen LogP contribution in [0.15, 0.2) is 42.5 Å². The van der Waals surface area contributed by atoms with Crippen molar-refractivity contribution in [3.63, 3.8) is 0 Å². The molecule has 0 fully saturated rings. The van der Waals surface area contributed by atoms with Crippen molar-refractivity contribution < 1.29 is 4.92 Å². The first kappa shape index (κ1) is 16.7. The van der Waals surface area contributed by atoms with Gasteiger partial charge in [-0.3, -0.25) is 10.1 Å². The molecule has 0 unspecified atom stereocenters. The third-order valence-electron chi connectivity index (χ3n) is 4.13. The Hall–Kier alpha value is -3.13. The summed E-state index contributed by atoms with van der Waals surface area (Å²) in [7, 11) is 1.80. The number of non-ortho nitro benzene ring substituents is 1. The molecule has 8 nitrogen and oxygen atoms in total. The summed E-state index contributed by atoms with van der Waals surface area (Å²) in [6, 6.07) is 12.1. The highest BCUT2D eigenvalue weighted by atomic mass is 16.6. The SMILES string of the molecule is CN[C@H](c1ccc([N+](=O)[O-])cc1)c1nnnn1-c1c(C)cccc1C. The first-order valence-corrected chi connectivity index (χ1v) is 7.79. The summed E-state index contributed by atoms with van der Waals surface area (Å²) >= 11 is 0. The van der Waals surface area contributed by atoms with Gasteiger partial charge in [-0.15, -0.1) is 5.10 Å². The molecule has 0 radical (unpaired) electrons. The number of aryl methyl sites for hydroxylation is 2. The monoisotopic (exact) mass is 338 g/mol. The van der Waals surface area contributed by atoms with E-state index < -0.39 is 4.92 Å². The van der Waals surface area contributed by atoms with Gasteiger partial charge in [-0.05, 0) is 48.0 Å². The van der Waals surface area contributed by atoms with E-state index in [0.29, 0.717) is 5.82 Å². The van der Waals surface area contributed by atoms with Gasteiger partial charge in [-0.2, -0.15) is 4.68 Å². The van der Waals surface area contributed by atoms with Crippen molar-refractivity contribution in [1.29, 1.82) is 0 Å². The van der Waals surface area contributed by atoms with Gasteiger partial charge in [-0.25, -0.2) is 0 Å². The van der Waals surface area contributed by atoms with E-state index in [0.717, 1.165) is 22.4 Å². The summed E-state index contributed by atoms with van der Waals surface area (Å²) < 4.78 is 1.72. The zero-order valence-electron chi connectivity index (χ0n) is 14.2. The van der Waals surface area contributed by atoms with E-state index in [4.69, 9.17) is 0 Å². The summed E-state index contributed by atoms with van der Waals surface area (Å²) in [6.45, 7) is 4.02. The Bertz CT molecular complexity index is 884. The fraction of sp³-hybridized carbons (Fsp3) is 0.235. The Kier molecular flexibility index (Phi) is 4.53. The van der Waals surface area contributed by atoms with Gasteiger partial charge >= 0.3 is 0 Å². The van der Waals surface area contributed by atoms with Crippen LogP contribution in [0, 0.1) is 24.0 Å². The average Bonchev–Trinajstić information content (AvgIpc) is 3.05. The van der Waals surface area contributed by atoms with Crippen LogP contribution in [0.2, 0.25) is 0 Å². The Labute approximate surface area is 144 Å². The number of hydrogen-bond donors (Lipinski definition) is 1. The fourth-order valence-corrected chi connectivity index (χ4v) is 2.91. The molecular weight excluding hydrogens is 320 g/mol. The predicted octanol–water partition coefficient (Wildman–Crippen LogP) is 2.50. The third-order valence-corrected chi connectivity index (χ3v) is 4.13. The predicted molar refractivity (Wildman–Crippen MR) is 92.6 cm³/mol. The van der Waals surface area contributed by atoms with Crippen molar-refractivity contribution in [2.24, 2.45) is 0 Å². The van der Waals surface area contributed by atoms with Gasteiger partial charge in [0.05, 0.1) is 16.7 Å². The maximum Gasteiger partial charge on any atom is 0.269 e. The van der Waals surface area contributed by atoms with E-state index in [1.165, 1.54) is 12.1 Å². The Morgan fingerprint density at radius 3 is 2.32 bits per heavy atom. The summed E-state index contributed by atoms with van der Waals surface area (Å²) in [5.41, 5.74) is 3.95. The molecule has 0 aliphatic rings. The van der Waals surface area contributed by atoms with Crippen molar-refractivity contribution in [2.45, 2.75) is 19.9 Å². The highest BCUT2D eigenvalue weighted by Gasteiger charge is 2.22. The van der Waals surface area contributed by atoms with Crippen LogP contribution >= 0.6 is 0 Å². The number of aromatic nitrogens is 4. The lowest BCUT2D eigenvalue weighted by Gasteiger charge is -2.18. The van der Waals surface area contributed by atoms with Crippen molar-refractivity contribution in [3.8, 4) is 5.69 Å². The second-order valence-corrected chi connectivity index (χ2v) is 5.76. The van der Waals surface area contributed by atoms with Crippen molar-refractivity contribution in [2.75, 3.05) is 7.05 Å². The topological polar surface area (TPSA) is 98.8 Å². The minimum atomic E-state index is -0.418. The van der Waals surface area contributed by atoms with Gasteiger partial charge in [0.2, 0.25) is 0 Å². The molecule has 1 atom stereocenters. The van der Waals surface area contributed by atoms with Gasteiger partial charge < -0.3 is 5.32 Å². The molecular formula is C17H18N6O2. The Morgan fingerprint density at radius 1 is 1.12 bits per heavy atom. The lowest BCUT2D eigenvalue weighted by Crippen LogP contribution is -2.22. The minimum absolute atomic E-state index is 0.0490. The van der Waals surface area contributed by atoms with Gasteiger partial charge in [0.15, 0.2) is 5.82 Å². The van der Waals surface area contributed by atoms with Crippen LogP contribution in [-0.4, -0.2) is 32.2 Å². The first-order chi connectivity index (χ1) is 12.0. The molecule has 0 saturated heterocycles. The van der Waals surface area contributed by atoms with E-state index in [1.54, 1.807) is 23.9 Å². The third kappa shape index (κ3) is 3.11. The zero-order chi connectivity index (χ0) is 18.0. The number of nitrogens with zero attached hydrogens (tertiary/aromatic N) is 5. The molecule has 1 N–H and O–H groups in total. The molecule has 0 bridgehead atoms. The lowest BCUT2D eigenvalue weighted by molar-refractivity contribution is -0.384. The van der Waals surface area contributed by atoms with E-state index in [-0.39, 0.29) is 11.7 Å². The first-order valence-electron chi connectivity index (χ1n) is 7.79. The molecule has 3 aromatic rings. The number of benzene rings is 2. The summed E-state index contributed by atoms with van der Waals surface area (Å²) in [5, 5.41) is 26.2. The highest BCUT2D eigenvalue weighted by Crippen LogP contribution is 2.26. The van der Waals surface area contributed by atoms with Crippen LogP contribution in [0.3, 0.4) is 0 Å². The summed E-state index contributed by atoms with van der Waals surface area (Å²) in [4.78, 5) is 10.4. The molecule has 25 heavy (non-hydrogen) atoms. The van der Waals surface area contributed by atoms with Gasteiger partial charge in [0.25, 0.3) is 5.69 Å². The molecule has 3 rings (SSSR count). The number of para-hydroxylation sites is 1. The maximum atomic E-state index is 10.8. The summed E-state index contributed by atoms with van der Waals surface area (Å²) in [5.74, 6) is 0.619. The molecule has 1 aromatic heterocycles. The second kappa shape index (κ2) is 6.78. The lowest BCUT2D eigenvalue weighted by atomic mass is 10.0. The molecule has 0 aliphatic carbocycles. The Balaban J connectivity index is 2.06. The van der Waals surface area contributed by atoms with Gasteiger partial charge in [-0.1, -0.05) is 30.3 Å². The van der Waals surface area contributed by atoms with Crippen LogP contribution < -0.4 is 5.32 Å². The molecule has 0 amide bonds. The van der Waals surface area contributed by atoms with Crippen molar-refractivity contribution >= 4 is 5.69 Å². The molecule has 8 heteroatoms. The summed E-state index contributed by atoms with van der Waals surface area (Å²) in [6.07, 6.45) is 0. The van der Waals surface area contributed by atoms with Gasteiger partial charge in [0, 0.05) is 12.1 Å². The molecule has 2 aromatic carbocycles. The van der Waals surface area contributed by atoms with E-state index in [1.807, 2.05) is 32.0 Å². The molecule has 0 saturated carbocycles. The van der Waals surface area contributed by atoms with Crippen molar-refractivity contribution in [1.82, 2.24) is 25.5 Å². The van der Waals surface area contributed by atoms with Gasteiger partial charge in [0.1, 0.15) is 0 Å². The molecule has 0 spiro atoms. The van der Waals surface area contributed by atoms with Crippen LogP contribution in [0.1, 0.15) is 28.6 Å². The number of nitro benzene ring substituents is 1. The second-order valence-electron chi connectivity index (χ2n) is 5.76. The molecule has 0 aliphatic heterocycles. The van der Waals surface area contributed by atoms with Crippen LogP contribution in [0.25, 0.3) is 5.69 Å². The van der Waals surface area contributed by atoms with E-state index in [9.17, 15) is 10.1 Å². The molecule has 1 heterocycles. The number of rotatable bonds is 5. The van der Waals surface area contributed by atoms with Crippen LogP contribution in [-0.2, 0) is 0 Å². The molecule has 128 valence electrons. The fourth-order valence-electron chi connectivity index (χ4n) is 2.91. The maximum absolute atomic E-state index is 10.8. The standard InChI is InChI=1S/C17H18N6O2/c1-11-5-4-6-12(2)16(11)22-17(19-20-21-22)15(18-3)13-7-9-14(10-8-13)23(24)25/h4-10,15,18H,1-3H3/t15-/m1/s1. The zero-order valence-corrected chi connectivity index (χ0v) is 14.2. The Morgan fingerprint density at radius 2 is 1.76 bits per heavy atom. The minimum Gasteiger partial charge on any atom is -0.307 e. The quantitative estimate of drug-likeness (QED) is 0.567. The smallest absolute Gasteiger partial charge is 0.269 e.